The van der Waals surface area contributed by atoms with E-state index in [1.54, 1.807) is 0 Å². The van der Waals surface area contributed by atoms with Gasteiger partial charge in [-0.05, 0) is 12.1 Å². The molecule has 0 saturated carbocycles. The normalized spacial score (nSPS) is 16.7. The molecular weight excluding hydrogens is 264 g/mol. The van der Waals surface area contributed by atoms with E-state index < -0.39 is 0 Å². The van der Waals surface area contributed by atoms with E-state index >= 15 is 0 Å². The number of hydrogen-bond acceptors (Lipinski definition) is 5. The van der Waals surface area contributed by atoms with Crippen LogP contribution in [0.3, 0.4) is 0 Å². The Labute approximate surface area is 116 Å². The van der Waals surface area contributed by atoms with Crippen LogP contribution in [0, 0.1) is 0 Å². The van der Waals surface area contributed by atoms with E-state index in [-0.39, 0.29) is 0 Å². The van der Waals surface area contributed by atoms with Crippen molar-refractivity contribution in [3.8, 4) is 11.4 Å². The monoisotopic (exact) mass is 278 g/mol. The molecular formula is C13H15ClN4O. The fourth-order valence-electron chi connectivity index (χ4n) is 2.12. The first kappa shape index (κ1) is 12.6. The van der Waals surface area contributed by atoms with Crippen LogP contribution in [0.1, 0.15) is 5.89 Å². The van der Waals surface area contributed by atoms with Crippen LogP contribution in [0.4, 0.5) is 0 Å². The number of nitrogens with one attached hydrogen (secondary N) is 1. The Morgan fingerprint density at radius 1 is 1.32 bits per heavy atom. The smallest absolute Gasteiger partial charge is 0.241 e. The van der Waals surface area contributed by atoms with Gasteiger partial charge in [0.2, 0.25) is 11.7 Å². The first-order valence-electron chi connectivity index (χ1n) is 6.33. The highest BCUT2D eigenvalue weighted by molar-refractivity contribution is 6.30. The molecule has 2 aromatic rings. The van der Waals surface area contributed by atoms with Crippen molar-refractivity contribution >= 4 is 11.6 Å². The van der Waals surface area contributed by atoms with Gasteiger partial charge < -0.3 is 9.84 Å². The summed E-state index contributed by atoms with van der Waals surface area (Å²) in [6.45, 7) is 4.74. The number of nitrogens with zero attached hydrogens (tertiary/aromatic N) is 3. The highest BCUT2D eigenvalue weighted by Crippen LogP contribution is 2.20. The fraction of sp³-hybridized carbons (Fsp3) is 0.385. The summed E-state index contributed by atoms with van der Waals surface area (Å²) < 4.78 is 5.30. The van der Waals surface area contributed by atoms with Gasteiger partial charge in [0.15, 0.2) is 0 Å². The lowest BCUT2D eigenvalue weighted by Crippen LogP contribution is -2.42. The van der Waals surface area contributed by atoms with Crippen LogP contribution in [0.5, 0.6) is 0 Å². The zero-order chi connectivity index (χ0) is 13.1. The summed E-state index contributed by atoms with van der Waals surface area (Å²) in [5.74, 6) is 1.24. The van der Waals surface area contributed by atoms with E-state index in [4.69, 9.17) is 16.1 Å². The van der Waals surface area contributed by atoms with E-state index in [1.807, 2.05) is 24.3 Å². The average Bonchev–Trinajstić information content (AvgIpc) is 2.88. The van der Waals surface area contributed by atoms with Gasteiger partial charge >= 0.3 is 0 Å². The van der Waals surface area contributed by atoms with Crippen molar-refractivity contribution in [1.82, 2.24) is 20.4 Å². The minimum absolute atomic E-state index is 0.590. The van der Waals surface area contributed by atoms with Crippen molar-refractivity contribution in [2.45, 2.75) is 6.54 Å². The molecule has 0 bridgehead atoms. The number of aromatic nitrogens is 2. The van der Waals surface area contributed by atoms with Crippen molar-refractivity contribution in [2.24, 2.45) is 0 Å². The minimum atomic E-state index is 0.590. The van der Waals surface area contributed by atoms with E-state index in [1.165, 1.54) is 0 Å². The molecule has 0 radical (unpaired) electrons. The predicted octanol–water partition coefficient (Wildman–Crippen LogP) is 1.80. The van der Waals surface area contributed by atoms with Crippen molar-refractivity contribution in [3.63, 3.8) is 0 Å². The van der Waals surface area contributed by atoms with Crippen molar-refractivity contribution in [1.29, 1.82) is 0 Å². The minimum Gasteiger partial charge on any atom is -0.338 e. The highest BCUT2D eigenvalue weighted by Gasteiger charge is 2.15. The van der Waals surface area contributed by atoms with Crippen LogP contribution in [-0.2, 0) is 6.54 Å². The number of rotatable bonds is 3. The number of piperazine rings is 1. The van der Waals surface area contributed by atoms with Gasteiger partial charge in [-0.15, -0.1) is 0 Å². The largest absolute Gasteiger partial charge is 0.338 e. The molecule has 2 heterocycles. The molecule has 3 rings (SSSR count). The van der Waals surface area contributed by atoms with Crippen molar-refractivity contribution in [3.05, 3.63) is 35.2 Å². The highest BCUT2D eigenvalue weighted by atomic mass is 35.5. The van der Waals surface area contributed by atoms with Crippen LogP contribution < -0.4 is 5.32 Å². The molecule has 0 atom stereocenters. The number of halogens is 1. The maximum absolute atomic E-state index is 5.96. The average molecular weight is 279 g/mol. The Balaban J connectivity index is 1.72. The summed E-state index contributed by atoms with van der Waals surface area (Å²) in [5.41, 5.74) is 0.878. The molecule has 1 aromatic heterocycles. The topological polar surface area (TPSA) is 54.2 Å². The Hall–Kier alpha value is -1.43. The van der Waals surface area contributed by atoms with E-state index in [0.717, 1.165) is 31.7 Å². The van der Waals surface area contributed by atoms with Gasteiger partial charge in [0.05, 0.1) is 6.54 Å². The van der Waals surface area contributed by atoms with Gasteiger partial charge in [-0.3, -0.25) is 4.90 Å². The van der Waals surface area contributed by atoms with Gasteiger partial charge in [0.25, 0.3) is 0 Å². The second kappa shape index (κ2) is 5.69. The number of hydrogen-bond donors (Lipinski definition) is 1. The molecule has 0 amide bonds. The molecule has 0 aliphatic carbocycles. The lowest BCUT2D eigenvalue weighted by molar-refractivity contribution is 0.203. The third-order valence-electron chi connectivity index (χ3n) is 3.12. The Morgan fingerprint density at radius 3 is 2.95 bits per heavy atom. The van der Waals surface area contributed by atoms with Crippen LogP contribution in [-0.4, -0.2) is 41.2 Å². The summed E-state index contributed by atoms with van der Waals surface area (Å²) in [4.78, 5) is 6.71. The summed E-state index contributed by atoms with van der Waals surface area (Å²) in [5, 5.41) is 7.99. The molecule has 1 saturated heterocycles. The molecule has 1 aromatic carbocycles. The number of benzene rings is 1. The molecule has 100 valence electrons. The summed E-state index contributed by atoms with van der Waals surface area (Å²) in [6, 6.07) is 7.46. The summed E-state index contributed by atoms with van der Waals surface area (Å²) in [7, 11) is 0. The second-order valence-electron chi connectivity index (χ2n) is 4.55. The van der Waals surface area contributed by atoms with Crippen LogP contribution in [0.2, 0.25) is 5.02 Å². The van der Waals surface area contributed by atoms with Gasteiger partial charge in [-0.2, -0.15) is 4.98 Å². The van der Waals surface area contributed by atoms with Gasteiger partial charge in [-0.25, -0.2) is 0 Å². The third-order valence-corrected chi connectivity index (χ3v) is 3.35. The molecule has 6 heteroatoms. The first-order valence-corrected chi connectivity index (χ1v) is 6.71. The zero-order valence-electron chi connectivity index (χ0n) is 10.5. The lowest BCUT2D eigenvalue weighted by Gasteiger charge is -2.25. The molecule has 0 unspecified atom stereocenters. The van der Waals surface area contributed by atoms with Crippen LogP contribution in [0.25, 0.3) is 11.4 Å². The van der Waals surface area contributed by atoms with Crippen molar-refractivity contribution in [2.75, 3.05) is 26.2 Å². The molecule has 0 spiro atoms. The molecule has 1 aliphatic rings. The van der Waals surface area contributed by atoms with Crippen LogP contribution in [0.15, 0.2) is 28.8 Å². The molecule has 5 nitrogen and oxygen atoms in total. The SMILES string of the molecule is Clc1cccc(-c2noc(CN3CCNCC3)n2)c1. The Kier molecular flexibility index (Phi) is 3.77. The molecule has 1 N–H and O–H groups in total. The maximum atomic E-state index is 5.96. The molecule has 19 heavy (non-hydrogen) atoms. The quantitative estimate of drug-likeness (QED) is 0.928. The van der Waals surface area contributed by atoms with E-state index in [9.17, 15) is 0 Å². The second-order valence-corrected chi connectivity index (χ2v) is 4.98. The summed E-state index contributed by atoms with van der Waals surface area (Å²) in [6.07, 6.45) is 0. The lowest BCUT2D eigenvalue weighted by atomic mass is 10.2. The standard InChI is InChI=1S/C13H15ClN4O/c14-11-3-1-2-10(8-11)13-16-12(19-17-13)9-18-6-4-15-5-7-18/h1-3,8,15H,4-7,9H2. The zero-order valence-corrected chi connectivity index (χ0v) is 11.2. The summed E-state index contributed by atoms with van der Waals surface area (Å²) >= 11 is 5.96. The first-order chi connectivity index (χ1) is 9.31. The maximum Gasteiger partial charge on any atom is 0.241 e. The van der Waals surface area contributed by atoms with Crippen LogP contribution >= 0.6 is 11.6 Å². The Bertz CT molecular complexity index is 551. The van der Waals surface area contributed by atoms with E-state index in [2.05, 4.69) is 20.4 Å². The van der Waals surface area contributed by atoms with Gasteiger partial charge in [-0.1, -0.05) is 28.9 Å². The van der Waals surface area contributed by atoms with E-state index in [0.29, 0.717) is 23.3 Å². The molecule has 1 fully saturated rings. The fourth-order valence-corrected chi connectivity index (χ4v) is 2.31. The van der Waals surface area contributed by atoms with Crippen molar-refractivity contribution < 1.29 is 4.52 Å². The third kappa shape index (κ3) is 3.12. The predicted molar refractivity (Wildman–Crippen MR) is 72.9 cm³/mol. The Morgan fingerprint density at radius 2 is 2.16 bits per heavy atom. The van der Waals surface area contributed by atoms with Gasteiger partial charge in [0.1, 0.15) is 0 Å². The van der Waals surface area contributed by atoms with Gasteiger partial charge in [0, 0.05) is 36.8 Å². The molecule has 1 aliphatic heterocycles.